The predicted octanol–water partition coefficient (Wildman–Crippen LogP) is 0.738. The highest BCUT2D eigenvalue weighted by molar-refractivity contribution is 5.74. The third-order valence-electron chi connectivity index (χ3n) is 2.06. The van der Waals surface area contributed by atoms with E-state index in [9.17, 15) is 4.79 Å². The molecule has 0 aliphatic carbocycles. The van der Waals surface area contributed by atoms with E-state index in [0.29, 0.717) is 6.73 Å². The van der Waals surface area contributed by atoms with Crippen LogP contribution in [0.3, 0.4) is 0 Å². The van der Waals surface area contributed by atoms with Crippen molar-refractivity contribution in [1.29, 1.82) is 0 Å². The maximum Gasteiger partial charge on any atom is 0.321 e. The number of rotatable bonds is 3. The quantitative estimate of drug-likeness (QED) is 0.629. The van der Waals surface area contributed by atoms with Crippen molar-refractivity contribution in [2.45, 2.75) is 13.3 Å². The van der Waals surface area contributed by atoms with Gasteiger partial charge in [-0.3, -0.25) is 0 Å². The highest BCUT2D eigenvalue weighted by Crippen LogP contribution is 2.07. The van der Waals surface area contributed by atoms with Crippen molar-refractivity contribution in [3.05, 3.63) is 0 Å². The Balaban J connectivity index is 2.47. The summed E-state index contributed by atoms with van der Waals surface area (Å²) in [5, 5.41) is 0. The molecule has 0 aromatic rings. The zero-order valence-corrected chi connectivity index (χ0v) is 7.75. The van der Waals surface area contributed by atoms with Gasteiger partial charge in [-0.2, -0.15) is 0 Å². The van der Waals surface area contributed by atoms with Crippen LogP contribution in [0, 0.1) is 0 Å². The zero-order chi connectivity index (χ0) is 8.97. The van der Waals surface area contributed by atoms with Crippen molar-refractivity contribution in [2.75, 3.05) is 33.5 Å². The Morgan fingerprint density at radius 2 is 2.08 bits per heavy atom. The van der Waals surface area contributed by atoms with Gasteiger partial charge in [-0.25, -0.2) is 4.79 Å². The van der Waals surface area contributed by atoms with Gasteiger partial charge >= 0.3 is 6.03 Å². The molecule has 1 aliphatic heterocycles. The minimum Gasteiger partial charge on any atom is -0.364 e. The molecule has 0 unspecified atom stereocenters. The van der Waals surface area contributed by atoms with Gasteiger partial charge in [0.25, 0.3) is 0 Å². The van der Waals surface area contributed by atoms with Crippen molar-refractivity contribution in [3.63, 3.8) is 0 Å². The number of hydrogen-bond donors (Lipinski definition) is 0. The lowest BCUT2D eigenvalue weighted by atomic mass is 10.3. The van der Waals surface area contributed by atoms with Crippen LogP contribution in [-0.2, 0) is 4.74 Å². The molecule has 0 spiro atoms. The first-order valence-electron chi connectivity index (χ1n) is 4.32. The Morgan fingerprint density at radius 3 is 2.67 bits per heavy atom. The summed E-state index contributed by atoms with van der Waals surface area (Å²) in [6.45, 7) is 4.90. The summed E-state index contributed by atoms with van der Waals surface area (Å²) in [5.41, 5.74) is 0. The molecule has 0 bridgehead atoms. The van der Waals surface area contributed by atoms with E-state index in [-0.39, 0.29) is 6.03 Å². The first kappa shape index (κ1) is 9.32. The molecule has 1 fully saturated rings. The summed E-state index contributed by atoms with van der Waals surface area (Å²) in [6.07, 6.45) is 1.04. The molecule has 1 rings (SSSR count). The molecule has 4 heteroatoms. The molecule has 70 valence electrons. The van der Waals surface area contributed by atoms with Gasteiger partial charge in [0, 0.05) is 26.7 Å². The molecule has 0 N–H and O–H groups in total. The van der Waals surface area contributed by atoms with Crippen LogP contribution in [0.1, 0.15) is 13.3 Å². The van der Waals surface area contributed by atoms with E-state index in [1.807, 2.05) is 11.8 Å². The van der Waals surface area contributed by atoms with Crippen LogP contribution < -0.4 is 0 Å². The number of methoxy groups -OCH3 is 1. The van der Waals surface area contributed by atoms with Crippen molar-refractivity contribution < 1.29 is 9.53 Å². The largest absolute Gasteiger partial charge is 0.364 e. The molecule has 2 amide bonds. The van der Waals surface area contributed by atoms with Crippen LogP contribution in [0.5, 0.6) is 0 Å². The molecule has 1 heterocycles. The number of nitrogens with zero attached hydrogens (tertiary/aromatic N) is 2. The van der Waals surface area contributed by atoms with Crippen molar-refractivity contribution >= 4 is 6.03 Å². The zero-order valence-electron chi connectivity index (χ0n) is 7.75. The fourth-order valence-electron chi connectivity index (χ4n) is 1.41. The second kappa shape index (κ2) is 4.30. The van der Waals surface area contributed by atoms with Gasteiger partial charge in [-0.05, 0) is 13.3 Å². The molecule has 4 nitrogen and oxygen atoms in total. The highest BCUT2D eigenvalue weighted by atomic mass is 16.5. The molecular weight excluding hydrogens is 156 g/mol. The van der Waals surface area contributed by atoms with Crippen LogP contribution in [0.25, 0.3) is 0 Å². The summed E-state index contributed by atoms with van der Waals surface area (Å²) in [4.78, 5) is 15.1. The van der Waals surface area contributed by atoms with Gasteiger partial charge in [-0.15, -0.1) is 0 Å². The maximum absolute atomic E-state index is 11.5. The third kappa shape index (κ3) is 1.88. The van der Waals surface area contributed by atoms with Crippen LogP contribution in [0.4, 0.5) is 4.79 Å². The Kier molecular flexibility index (Phi) is 3.34. The normalized spacial score (nSPS) is 18.7. The van der Waals surface area contributed by atoms with Gasteiger partial charge in [0.1, 0.15) is 6.73 Å². The van der Waals surface area contributed by atoms with E-state index in [1.165, 1.54) is 0 Å². The number of hydrogen-bond acceptors (Lipinski definition) is 2. The lowest BCUT2D eigenvalue weighted by molar-refractivity contribution is 0.0510. The highest BCUT2D eigenvalue weighted by Gasteiger charge is 2.23. The fourth-order valence-corrected chi connectivity index (χ4v) is 1.41. The first-order chi connectivity index (χ1) is 5.79. The van der Waals surface area contributed by atoms with Gasteiger partial charge in [0.15, 0.2) is 0 Å². The standard InChI is InChI=1S/C8H16N2O2/c1-3-9-5-4-6-10(7-12-2)8(9)11/h3-7H2,1-2H3. The van der Waals surface area contributed by atoms with Gasteiger partial charge in [0.05, 0.1) is 0 Å². The van der Waals surface area contributed by atoms with Crippen molar-refractivity contribution in [3.8, 4) is 0 Å². The molecule has 1 aliphatic rings. The fraction of sp³-hybridized carbons (Fsp3) is 0.875. The van der Waals surface area contributed by atoms with Gasteiger partial charge in [-0.1, -0.05) is 0 Å². The molecule has 0 saturated carbocycles. The second-order valence-corrected chi connectivity index (χ2v) is 2.90. The Bertz CT molecular complexity index is 159. The molecule has 0 aromatic heterocycles. The summed E-state index contributed by atoms with van der Waals surface area (Å²) in [5.74, 6) is 0. The van der Waals surface area contributed by atoms with E-state index in [0.717, 1.165) is 26.1 Å². The minimum atomic E-state index is 0.102. The van der Waals surface area contributed by atoms with Crippen molar-refractivity contribution in [2.24, 2.45) is 0 Å². The number of carbonyl (C=O) groups excluding carboxylic acids is 1. The van der Waals surface area contributed by atoms with Crippen LogP contribution in [0.2, 0.25) is 0 Å². The lowest BCUT2D eigenvalue weighted by Crippen LogP contribution is -2.49. The summed E-state index contributed by atoms with van der Waals surface area (Å²) in [7, 11) is 1.61. The molecule has 0 atom stereocenters. The summed E-state index contributed by atoms with van der Waals surface area (Å²) < 4.78 is 4.92. The second-order valence-electron chi connectivity index (χ2n) is 2.90. The van der Waals surface area contributed by atoms with Crippen LogP contribution in [-0.4, -0.2) is 49.3 Å². The number of carbonyl (C=O) groups is 1. The van der Waals surface area contributed by atoms with Gasteiger partial charge < -0.3 is 14.5 Å². The van der Waals surface area contributed by atoms with E-state index in [2.05, 4.69) is 0 Å². The Labute approximate surface area is 73.1 Å². The maximum atomic E-state index is 11.5. The molecule has 1 saturated heterocycles. The number of ether oxygens (including phenoxy) is 1. The van der Waals surface area contributed by atoms with E-state index < -0.39 is 0 Å². The Morgan fingerprint density at radius 1 is 1.42 bits per heavy atom. The SMILES string of the molecule is CCN1CCCN(COC)C1=O. The third-order valence-corrected chi connectivity index (χ3v) is 2.06. The summed E-state index contributed by atoms with van der Waals surface area (Å²) in [6, 6.07) is 0.102. The number of amides is 2. The van der Waals surface area contributed by atoms with Crippen LogP contribution >= 0.6 is 0 Å². The monoisotopic (exact) mass is 172 g/mol. The molecule has 0 radical (unpaired) electrons. The topological polar surface area (TPSA) is 32.8 Å². The molecule has 12 heavy (non-hydrogen) atoms. The van der Waals surface area contributed by atoms with Crippen LogP contribution in [0.15, 0.2) is 0 Å². The smallest absolute Gasteiger partial charge is 0.321 e. The predicted molar refractivity (Wildman–Crippen MR) is 45.8 cm³/mol. The summed E-state index contributed by atoms with van der Waals surface area (Å²) >= 11 is 0. The van der Waals surface area contributed by atoms with E-state index in [1.54, 1.807) is 12.0 Å². The van der Waals surface area contributed by atoms with Gasteiger partial charge in [0.2, 0.25) is 0 Å². The molecular formula is C8H16N2O2. The average Bonchev–Trinajstić information content (AvgIpc) is 2.09. The average molecular weight is 172 g/mol. The number of urea groups is 1. The Hall–Kier alpha value is -0.770. The van der Waals surface area contributed by atoms with E-state index in [4.69, 9.17) is 4.74 Å². The lowest BCUT2D eigenvalue weighted by Gasteiger charge is -2.34. The minimum absolute atomic E-state index is 0.102. The van der Waals surface area contributed by atoms with Crippen molar-refractivity contribution in [1.82, 2.24) is 9.80 Å². The first-order valence-corrected chi connectivity index (χ1v) is 4.32. The molecule has 0 aromatic carbocycles. The van der Waals surface area contributed by atoms with E-state index >= 15 is 0 Å².